The van der Waals surface area contributed by atoms with Crippen LogP contribution in [0.5, 0.6) is 0 Å². The van der Waals surface area contributed by atoms with Gasteiger partial charge in [-0.1, -0.05) is 38.5 Å². The number of hydrogen-bond acceptors (Lipinski definition) is 2. The molecular formula is C17H33NO. The second kappa shape index (κ2) is 7.08. The Morgan fingerprint density at radius 3 is 1.84 bits per heavy atom. The molecule has 2 rings (SSSR count). The quantitative estimate of drug-likeness (QED) is 0.782. The van der Waals surface area contributed by atoms with Crippen molar-refractivity contribution in [2.24, 2.45) is 5.92 Å². The lowest BCUT2D eigenvalue weighted by Crippen LogP contribution is -2.55. The van der Waals surface area contributed by atoms with Crippen molar-refractivity contribution in [2.75, 3.05) is 13.1 Å². The number of likely N-dealkylation sites (tertiary alicyclic amines) is 1. The van der Waals surface area contributed by atoms with Gasteiger partial charge in [-0.3, -0.25) is 4.90 Å². The average Bonchev–Trinajstić information content (AvgIpc) is 2.82. The van der Waals surface area contributed by atoms with E-state index in [4.69, 9.17) is 0 Å². The Labute approximate surface area is 119 Å². The van der Waals surface area contributed by atoms with E-state index in [-0.39, 0.29) is 11.6 Å². The molecule has 0 bridgehead atoms. The van der Waals surface area contributed by atoms with Crippen molar-refractivity contribution < 1.29 is 5.11 Å². The Bertz CT molecular complexity index is 248. The van der Waals surface area contributed by atoms with E-state index in [9.17, 15) is 5.11 Å². The van der Waals surface area contributed by atoms with Crippen molar-refractivity contribution >= 4 is 0 Å². The minimum atomic E-state index is -0.149. The first-order chi connectivity index (χ1) is 9.12. The third-order valence-electron chi connectivity index (χ3n) is 5.49. The molecule has 112 valence electrons. The van der Waals surface area contributed by atoms with Crippen molar-refractivity contribution in [3.05, 3.63) is 0 Å². The van der Waals surface area contributed by atoms with Crippen LogP contribution in [0.4, 0.5) is 0 Å². The van der Waals surface area contributed by atoms with E-state index in [2.05, 4.69) is 18.7 Å². The third kappa shape index (κ3) is 3.95. The predicted octanol–water partition coefficient (Wildman–Crippen LogP) is 3.97. The lowest BCUT2D eigenvalue weighted by Gasteiger charge is -2.44. The first-order valence-electron chi connectivity index (χ1n) is 8.55. The molecule has 1 N–H and O–H groups in total. The van der Waals surface area contributed by atoms with E-state index < -0.39 is 0 Å². The molecule has 1 saturated heterocycles. The molecule has 0 aromatic heterocycles. The monoisotopic (exact) mass is 267 g/mol. The first kappa shape index (κ1) is 15.3. The number of nitrogens with zero attached hydrogens (tertiary/aromatic N) is 1. The van der Waals surface area contributed by atoms with Gasteiger partial charge in [0.1, 0.15) is 0 Å². The van der Waals surface area contributed by atoms with Crippen LogP contribution in [0, 0.1) is 5.92 Å². The Kier molecular flexibility index (Phi) is 5.70. The fourth-order valence-corrected chi connectivity index (χ4v) is 4.04. The molecule has 19 heavy (non-hydrogen) atoms. The summed E-state index contributed by atoms with van der Waals surface area (Å²) in [6.07, 6.45) is 13.0. The maximum absolute atomic E-state index is 10.9. The summed E-state index contributed by atoms with van der Waals surface area (Å²) >= 11 is 0. The van der Waals surface area contributed by atoms with Gasteiger partial charge in [-0.2, -0.15) is 0 Å². The van der Waals surface area contributed by atoms with Gasteiger partial charge in [-0.25, -0.2) is 0 Å². The maximum atomic E-state index is 10.9. The van der Waals surface area contributed by atoms with Crippen LogP contribution in [0.2, 0.25) is 0 Å². The smallest absolute Gasteiger partial charge is 0.0746 e. The molecule has 2 fully saturated rings. The minimum Gasteiger partial charge on any atom is -0.391 e. The van der Waals surface area contributed by atoms with Gasteiger partial charge < -0.3 is 5.11 Å². The first-order valence-corrected chi connectivity index (χ1v) is 8.55. The van der Waals surface area contributed by atoms with E-state index in [1.165, 1.54) is 77.3 Å². The summed E-state index contributed by atoms with van der Waals surface area (Å²) in [5, 5.41) is 10.9. The van der Waals surface area contributed by atoms with Gasteiger partial charge in [0, 0.05) is 5.54 Å². The molecule has 2 nitrogen and oxygen atoms in total. The molecule has 2 aliphatic rings. The van der Waals surface area contributed by atoms with Gasteiger partial charge in [0.15, 0.2) is 0 Å². The summed E-state index contributed by atoms with van der Waals surface area (Å²) in [4.78, 5) is 2.57. The number of aliphatic hydroxyl groups is 1. The largest absolute Gasteiger partial charge is 0.391 e. The molecule has 0 amide bonds. The van der Waals surface area contributed by atoms with E-state index in [0.29, 0.717) is 5.92 Å². The summed E-state index contributed by atoms with van der Waals surface area (Å²) in [6, 6.07) is 0. The lowest BCUT2D eigenvalue weighted by molar-refractivity contribution is -0.0447. The Morgan fingerprint density at radius 1 is 0.842 bits per heavy atom. The van der Waals surface area contributed by atoms with Crippen molar-refractivity contribution in [1.29, 1.82) is 0 Å². The molecule has 0 aromatic rings. The Balaban J connectivity index is 1.99. The summed E-state index contributed by atoms with van der Waals surface area (Å²) in [6.45, 7) is 6.90. The third-order valence-corrected chi connectivity index (χ3v) is 5.49. The van der Waals surface area contributed by atoms with E-state index in [1.807, 2.05) is 0 Å². The van der Waals surface area contributed by atoms with Crippen LogP contribution in [-0.4, -0.2) is 34.7 Å². The van der Waals surface area contributed by atoms with Crippen molar-refractivity contribution in [3.63, 3.8) is 0 Å². The molecule has 0 aromatic carbocycles. The van der Waals surface area contributed by atoms with Crippen LogP contribution in [0.1, 0.15) is 78.1 Å². The standard InChI is InChI=1S/C17H33NO/c1-17(2,18-13-9-5-6-10-14-18)16(19)15-11-7-3-4-8-12-15/h15-16,19H,3-14H2,1-2H3. The molecule has 0 spiro atoms. The topological polar surface area (TPSA) is 23.5 Å². The molecule has 1 atom stereocenters. The maximum Gasteiger partial charge on any atom is 0.0746 e. The molecule has 1 saturated carbocycles. The SMILES string of the molecule is CC(C)(C(O)C1CCCCCC1)N1CCCCCC1. The molecule has 1 aliphatic heterocycles. The molecule has 1 unspecified atom stereocenters. The van der Waals surface area contributed by atoms with Gasteiger partial charge >= 0.3 is 0 Å². The van der Waals surface area contributed by atoms with Gasteiger partial charge in [0.2, 0.25) is 0 Å². The van der Waals surface area contributed by atoms with E-state index in [1.54, 1.807) is 0 Å². The average molecular weight is 267 g/mol. The Morgan fingerprint density at radius 2 is 1.32 bits per heavy atom. The fourth-order valence-electron chi connectivity index (χ4n) is 4.04. The summed E-state index contributed by atoms with van der Waals surface area (Å²) in [5.41, 5.74) is -0.0423. The molecule has 0 radical (unpaired) electrons. The zero-order chi connectivity index (χ0) is 13.7. The van der Waals surface area contributed by atoms with Gasteiger partial charge in [0.25, 0.3) is 0 Å². The van der Waals surface area contributed by atoms with Gasteiger partial charge in [-0.05, 0) is 58.5 Å². The lowest BCUT2D eigenvalue weighted by atomic mass is 9.81. The minimum absolute atomic E-state index is 0.0423. The van der Waals surface area contributed by atoms with Crippen molar-refractivity contribution in [1.82, 2.24) is 4.90 Å². The van der Waals surface area contributed by atoms with Crippen LogP contribution >= 0.6 is 0 Å². The van der Waals surface area contributed by atoms with Crippen molar-refractivity contribution in [3.8, 4) is 0 Å². The number of aliphatic hydroxyl groups excluding tert-OH is 1. The van der Waals surface area contributed by atoms with E-state index >= 15 is 0 Å². The van der Waals surface area contributed by atoms with Gasteiger partial charge in [-0.15, -0.1) is 0 Å². The Hall–Kier alpha value is -0.0800. The fraction of sp³-hybridized carbons (Fsp3) is 1.00. The molecule has 2 heteroatoms. The van der Waals surface area contributed by atoms with Crippen LogP contribution < -0.4 is 0 Å². The van der Waals surface area contributed by atoms with Crippen LogP contribution in [-0.2, 0) is 0 Å². The second-order valence-electron chi connectivity index (χ2n) is 7.25. The van der Waals surface area contributed by atoms with Crippen LogP contribution in [0.3, 0.4) is 0 Å². The highest BCUT2D eigenvalue weighted by Gasteiger charge is 2.38. The highest BCUT2D eigenvalue weighted by atomic mass is 16.3. The van der Waals surface area contributed by atoms with E-state index in [0.717, 1.165) is 0 Å². The summed E-state index contributed by atoms with van der Waals surface area (Å²) in [7, 11) is 0. The zero-order valence-electron chi connectivity index (χ0n) is 13.0. The highest BCUT2D eigenvalue weighted by molar-refractivity contribution is 4.93. The van der Waals surface area contributed by atoms with Crippen LogP contribution in [0.25, 0.3) is 0 Å². The summed E-state index contributed by atoms with van der Waals surface area (Å²) < 4.78 is 0. The number of hydrogen-bond donors (Lipinski definition) is 1. The van der Waals surface area contributed by atoms with Crippen LogP contribution in [0.15, 0.2) is 0 Å². The molecular weight excluding hydrogens is 234 g/mol. The van der Waals surface area contributed by atoms with Gasteiger partial charge in [0.05, 0.1) is 6.10 Å². The zero-order valence-corrected chi connectivity index (χ0v) is 13.0. The molecule has 1 aliphatic carbocycles. The highest BCUT2D eigenvalue weighted by Crippen LogP contribution is 2.33. The summed E-state index contributed by atoms with van der Waals surface area (Å²) in [5.74, 6) is 0.528. The van der Waals surface area contributed by atoms with Crippen molar-refractivity contribution in [2.45, 2.75) is 89.7 Å². The predicted molar refractivity (Wildman–Crippen MR) is 81.3 cm³/mol. The molecule has 1 heterocycles. The number of rotatable bonds is 3. The normalized spacial score (nSPS) is 26.7. The second-order valence-corrected chi connectivity index (χ2v) is 7.25.